The lowest BCUT2D eigenvalue weighted by molar-refractivity contribution is 0.0949. The van der Waals surface area contributed by atoms with Gasteiger partial charge >= 0.3 is 0 Å². The number of hydrogen-bond donors (Lipinski definition) is 0. The molecule has 3 aromatic rings. The van der Waals surface area contributed by atoms with E-state index >= 15 is 0 Å². The third-order valence-corrected chi connectivity index (χ3v) is 7.19. The van der Waals surface area contributed by atoms with Gasteiger partial charge in [0.25, 0.3) is 0 Å². The highest BCUT2D eigenvalue weighted by Crippen LogP contribution is 2.44. The minimum atomic E-state index is -0.0728. The van der Waals surface area contributed by atoms with Crippen molar-refractivity contribution in [3.8, 4) is 11.5 Å². The molecule has 0 bridgehead atoms. The maximum atomic E-state index is 13.3. The molecule has 6 heteroatoms. The van der Waals surface area contributed by atoms with E-state index in [2.05, 4.69) is 47.9 Å². The third kappa shape index (κ3) is 4.86. The first kappa shape index (κ1) is 24.4. The highest BCUT2D eigenvalue weighted by molar-refractivity contribution is 6.30. The van der Waals surface area contributed by atoms with Gasteiger partial charge in [-0.15, -0.1) is 0 Å². The summed E-state index contributed by atoms with van der Waals surface area (Å²) in [6, 6.07) is 18.1. The van der Waals surface area contributed by atoms with Gasteiger partial charge in [-0.3, -0.25) is 9.69 Å². The zero-order valence-electron chi connectivity index (χ0n) is 21.0. The van der Waals surface area contributed by atoms with Gasteiger partial charge in [-0.05, 0) is 80.3 Å². The normalized spacial score (nSPS) is 15.9. The van der Waals surface area contributed by atoms with Crippen LogP contribution in [0.15, 0.2) is 60.4 Å². The van der Waals surface area contributed by atoms with Crippen molar-refractivity contribution in [2.24, 2.45) is 0 Å². The molecule has 5 rings (SSSR count). The number of Topliss-reactive ketones (excluding diaryl/α,β-unsaturated/α-hetero) is 1. The lowest BCUT2D eigenvalue weighted by Gasteiger charge is -2.30. The highest BCUT2D eigenvalue weighted by Gasteiger charge is 2.35. The molecule has 0 radical (unpaired) electrons. The van der Waals surface area contributed by atoms with Crippen molar-refractivity contribution in [1.29, 1.82) is 0 Å². The van der Waals surface area contributed by atoms with Crippen LogP contribution in [0, 0.1) is 6.92 Å². The third-order valence-electron chi connectivity index (χ3n) is 6.94. The van der Waals surface area contributed by atoms with Crippen molar-refractivity contribution in [2.45, 2.75) is 33.7 Å². The molecule has 0 saturated heterocycles. The number of carbonyl (C=O) groups excluding carboxylic acids is 1. The zero-order chi connectivity index (χ0) is 25.2. The molecule has 2 heterocycles. The number of ether oxygens (including phenoxy) is 2. The Hall–Kier alpha value is -3.28. The number of fused-ring (bicyclic) bond motifs is 3. The smallest absolute Gasteiger partial charge is 0.232 e. The van der Waals surface area contributed by atoms with Crippen LogP contribution in [0.1, 0.15) is 46.5 Å². The Morgan fingerprint density at radius 3 is 2.47 bits per heavy atom. The minimum Gasteiger partial charge on any atom is -0.478 e. The van der Waals surface area contributed by atoms with Crippen LogP contribution in [0.3, 0.4) is 0 Å². The average molecular weight is 503 g/mol. The number of aryl methyl sites for hydroxylation is 1. The Bertz CT molecular complexity index is 1300. The molecule has 186 valence electrons. The van der Waals surface area contributed by atoms with E-state index in [1.165, 1.54) is 11.3 Å². The lowest BCUT2D eigenvalue weighted by atomic mass is 9.98. The minimum absolute atomic E-state index is 0.0728. The zero-order valence-corrected chi connectivity index (χ0v) is 21.8. The van der Waals surface area contributed by atoms with E-state index in [9.17, 15) is 4.79 Å². The molecular formula is C30H31ClN2O3. The molecule has 5 nitrogen and oxygen atoms in total. The fourth-order valence-corrected chi connectivity index (χ4v) is 5.01. The van der Waals surface area contributed by atoms with E-state index in [1.54, 1.807) is 0 Å². The summed E-state index contributed by atoms with van der Waals surface area (Å²) in [7, 11) is 0. The predicted molar refractivity (Wildman–Crippen MR) is 145 cm³/mol. The number of hydrogen-bond acceptors (Lipinski definition) is 5. The van der Waals surface area contributed by atoms with E-state index < -0.39 is 0 Å². The van der Waals surface area contributed by atoms with Gasteiger partial charge in [0.2, 0.25) is 5.78 Å². The molecule has 0 N–H and O–H groups in total. The van der Waals surface area contributed by atoms with E-state index in [0.29, 0.717) is 30.3 Å². The summed E-state index contributed by atoms with van der Waals surface area (Å²) < 4.78 is 12.3. The van der Waals surface area contributed by atoms with Crippen LogP contribution in [0.5, 0.6) is 11.5 Å². The Labute approximate surface area is 217 Å². The number of allylic oxidation sites excluding steroid dienone is 1. The van der Waals surface area contributed by atoms with Crippen LogP contribution in [0.25, 0.3) is 6.08 Å². The Kier molecular flexibility index (Phi) is 7.04. The van der Waals surface area contributed by atoms with Crippen molar-refractivity contribution in [3.05, 3.63) is 93.2 Å². The average Bonchev–Trinajstić information content (AvgIpc) is 3.22. The fourth-order valence-electron chi connectivity index (χ4n) is 4.88. The first-order chi connectivity index (χ1) is 17.5. The summed E-state index contributed by atoms with van der Waals surface area (Å²) in [5.74, 6) is 1.72. The van der Waals surface area contributed by atoms with Crippen LogP contribution in [0.2, 0.25) is 5.02 Å². The molecule has 3 aromatic carbocycles. The summed E-state index contributed by atoms with van der Waals surface area (Å²) in [5.41, 5.74) is 5.79. The summed E-state index contributed by atoms with van der Waals surface area (Å²) in [4.78, 5) is 17.8. The first-order valence-corrected chi connectivity index (χ1v) is 12.9. The Morgan fingerprint density at radius 2 is 1.78 bits per heavy atom. The molecule has 0 spiro atoms. The van der Waals surface area contributed by atoms with Crippen LogP contribution in [-0.4, -0.2) is 37.0 Å². The maximum Gasteiger partial charge on any atom is 0.232 e. The quantitative estimate of drug-likeness (QED) is 0.345. The van der Waals surface area contributed by atoms with Crippen LogP contribution < -0.4 is 14.4 Å². The van der Waals surface area contributed by atoms with Gasteiger partial charge in [-0.25, -0.2) is 0 Å². The molecule has 0 saturated carbocycles. The number of nitrogens with zero attached hydrogens (tertiary/aromatic N) is 2. The molecule has 0 aliphatic carbocycles. The van der Waals surface area contributed by atoms with Crippen LogP contribution in [-0.2, 0) is 13.0 Å². The second-order valence-electron chi connectivity index (χ2n) is 9.28. The van der Waals surface area contributed by atoms with Gasteiger partial charge in [0.05, 0.1) is 11.1 Å². The largest absolute Gasteiger partial charge is 0.478 e. The Balaban J connectivity index is 1.35. The first-order valence-electron chi connectivity index (χ1n) is 12.5. The molecule has 0 unspecified atom stereocenters. The van der Waals surface area contributed by atoms with E-state index in [0.717, 1.165) is 53.5 Å². The summed E-state index contributed by atoms with van der Waals surface area (Å²) in [6.45, 7) is 10.2. The number of anilines is 1. The summed E-state index contributed by atoms with van der Waals surface area (Å²) in [6.07, 6.45) is 2.72. The standard InChI is InChI=1S/C30H31ClN2O3/c1-4-33(5-2)24-12-8-22(9-13-24)17-27-29(34)28-20(3)16-26-25(30(28)36-27)18-32(19-35-26)15-14-21-6-10-23(31)11-7-21/h6-13,16-17H,4-5,14-15,18-19H2,1-3H3/b27-17+. The topological polar surface area (TPSA) is 42.0 Å². The highest BCUT2D eigenvalue weighted by atomic mass is 35.5. The molecule has 36 heavy (non-hydrogen) atoms. The second kappa shape index (κ2) is 10.4. The van der Waals surface area contributed by atoms with Gasteiger partial charge in [-0.2, -0.15) is 0 Å². The van der Waals surface area contributed by atoms with E-state index in [-0.39, 0.29) is 5.78 Å². The number of ketones is 1. The van der Waals surface area contributed by atoms with Crippen LogP contribution >= 0.6 is 11.6 Å². The molecule has 0 fully saturated rings. The molecule has 0 aromatic heterocycles. The predicted octanol–water partition coefficient (Wildman–Crippen LogP) is 6.51. The summed E-state index contributed by atoms with van der Waals surface area (Å²) >= 11 is 6.01. The lowest BCUT2D eigenvalue weighted by Crippen LogP contribution is -2.33. The van der Waals surface area contributed by atoms with Gasteiger partial charge in [0, 0.05) is 36.9 Å². The van der Waals surface area contributed by atoms with E-state index in [1.807, 2.05) is 43.3 Å². The van der Waals surface area contributed by atoms with Gasteiger partial charge in [0.1, 0.15) is 18.2 Å². The van der Waals surface area contributed by atoms with Gasteiger partial charge < -0.3 is 14.4 Å². The molecule has 0 atom stereocenters. The molecule has 2 aliphatic rings. The number of benzene rings is 3. The number of rotatable bonds is 7. The number of carbonyl (C=O) groups is 1. The monoisotopic (exact) mass is 502 g/mol. The van der Waals surface area contributed by atoms with Crippen molar-refractivity contribution >= 4 is 29.1 Å². The SMILES string of the molecule is CCN(CC)c1ccc(/C=C2/Oc3c4c(cc(C)c3C2=O)OCN(CCc2ccc(Cl)cc2)C4)cc1. The molecular weight excluding hydrogens is 472 g/mol. The van der Waals surface area contributed by atoms with E-state index in [4.69, 9.17) is 21.1 Å². The van der Waals surface area contributed by atoms with Crippen LogP contribution in [0.4, 0.5) is 5.69 Å². The fraction of sp³-hybridized carbons (Fsp3) is 0.300. The van der Waals surface area contributed by atoms with Crippen molar-refractivity contribution < 1.29 is 14.3 Å². The molecule has 0 amide bonds. The maximum absolute atomic E-state index is 13.3. The van der Waals surface area contributed by atoms with Gasteiger partial charge in [0.15, 0.2) is 5.76 Å². The van der Waals surface area contributed by atoms with Gasteiger partial charge in [-0.1, -0.05) is 35.9 Å². The van der Waals surface area contributed by atoms with Crippen molar-refractivity contribution in [2.75, 3.05) is 31.3 Å². The van der Waals surface area contributed by atoms with Crippen molar-refractivity contribution in [3.63, 3.8) is 0 Å². The molecule has 2 aliphatic heterocycles. The second-order valence-corrected chi connectivity index (χ2v) is 9.72. The van der Waals surface area contributed by atoms with Crippen molar-refractivity contribution in [1.82, 2.24) is 4.90 Å². The Morgan fingerprint density at radius 1 is 1.06 bits per heavy atom. The summed E-state index contributed by atoms with van der Waals surface area (Å²) in [5, 5.41) is 0.741. The number of halogens is 1.